The van der Waals surface area contributed by atoms with Crippen molar-refractivity contribution >= 4 is 11.7 Å². The molecular weight excluding hydrogens is 194 g/mol. The largest absolute Gasteiger partial charge is 0.385 e. The second kappa shape index (κ2) is 6.19. The molecule has 1 aromatic heterocycles. The van der Waals surface area contributed by atoms with Gasteiger partial charge in [0.15, 0.2) is 0 Å². The predicted molar refractivity (Wildman–Crippen MR) is 57.7 cm³/mol. The molecule has 0 aliphatic heterocycles. The number of carbonyl (C=O) groups is 1. The highest BCUT2D eigenvalue weighted by Gasteiger charge is 2.06. The number of hydrogen-bond donors (Lipinski definition) is 2. The topological polar surface area (TPSA) is 67.0 Å². The van der Waals surface area contributed by atoms with Crippen LogP contribution in [0.3, 0.4) is 0 Å². The molecule has 5 nitrogen and oxygen atoms in total. The normalized spacial score (nSPS) is 10.3. The Balaban J connectivity index is 2.37. The van der Waals surface area contributed by atoms with Crippen LogP contribution in [0.1, 0.15) is 25.3 Å². The second-order valence-corrected chi connectivity index (χ2v) is 3.27. The molecule has 5 heteroatoms. The number of ether oxygens (including phenoxy) is 1. The zero-order valence-corrected chi connectivity index (χ0v) is 9.17. The summed E-state index contributed by atoms with van der Waals surface area (Å²) >= 11 is 0. The Labute approximate surface area is 89.2 Å². The number of hydrogen-bond acceptors (Lipinski definition) is 3. The lowest BCUT2D eigenvalue weighted by Crippen LogP contribution is -2.13. The van der Waals surface area contributed by atoms with Crippen molar-refractivity contribution in [1.29, 1.82) is 0 Å². The molecular formula is C10H17N3O2. The van der Waals surface area contributed by atoms with Gasteiger partial charge in [-0.15, -0.1) is 0 Å². The van der Waals surface area contributed by atoms with Crippen LogP contribution in [-0.2, 0) is 16.0 Å². The summed E-state index contributed by atoms with van der Waals surface area (Å²) in [4.78, 5) is 11.4. The van der Waals surface area contributed by atoms with E-state index in [-0.39, 0.29) is 5.91 Å². The molecule has 1 amide bonds. The van der Waals surface area contributed by atoms with Gasteiger partial charge in [0.2, 0.25) is 5.91 Å². The minimum absolute atomic E-state index is 0.00833. The van der Waals surface area contributed by atoms with Crippen LogP contribution in [0.5, 0.6) is 0 Å². The molecule has 1 aromatic rings. The summed E-state index contributed by atoms with van der Waals surface area (Å²) in [5.74, 6) is 0.700. The van der Waals surface area contributed by atoms with E-state index < -0.39 is 0 Å². The van der Waals surface area contributed by atoms with Crippen LogP contribution in [0.4, 0.5) is 5.82 Å². The van der Waals surface area contributed by atoms with Crippen LogP contribution in [0.25, 0.3) is 0 Å². The van der Waals surface area contributed by atoms with Gasteiger partial charge in [-0.2, -0.15) is 5.10 Å². The third-order valence-electron chi connectivity index (χ3n) is 2.12. The van der Waals surface area contributed by atoms with E-state index in [1.165, 1.54) is 0 Å². The lowest BCUT2D eigenvalue weighted by atomic mass is 10.2. The van der Waals surface area contributed by atoms with E-state index in [1.807, 2.05) is 6.92 Å². The van der Waals surface area contributed by atoms with Crippen LogP contribution < -0.4 is 5.32 Å². The third kappa shape index (κ3) is 3.71. The van der Waals surface area contributed by atoms with Gasteiger partial charge in [-0.25, -0.2) is 0 Å². The number of amides is 1. The van der Waals surface area contributed by atoms with E-state index in [1.54, 1.807) is 13.3 Å². The Kier molecular flexibility index (Phi) is 4.83. The van der Waals surface area contributed by atoms with Crippen molar-refractivity contribution in [2.45, 2.75) is 26.2 Å². The van der Waals surface area contributed by atoms with Crippen molar-refractivity contribution < 1.29 is 9.53 Å². The van der Waals surface area contributed by atoms with E-state index in [0.29, 0.717) is 18.8 Å². The number of anilines is 1. The molecule has 0 radical (unpaired) electrons. The molecule has 84 valence electrons. The molecule has 0 spiro atoms. The van der Waals surface area contributed by atoms with E-state index in [4.69, 9.17) is 4.74 Å². The molecule has 0 saturated carbocycles. The Morgan fingerprint density at radius 1 is 1.67 bits per heavy atom. The maximum Gasteiger partial charge on any atom is 0.225 e. The smallest absolute Gasteiger partial charge is 0.225 e. The van der Waals surface area contributed by atoms with E-state index in [0.717, 1.165) is 18.4 Å². The van der Waals surface area contributed by atoms with Crippen LogP contribution in [-0.4, -0.2) is 29.8 Å². The molecule has 0 aliphatic carbocycles. The first-order valence-electron chi connectivity index (χ1n) is 5.09. The first-order chi connectivity index (χ1) is 7.27. The SMILES string of the molecule is CCc1cn[nH]c1NC(=O)CCCOC. The molecule has 0 saturated heterocycles. The summed E-state index contributed by atoms with van der Waals surface area (Å²) in [5, 5.41) is 9.43. The summed E-state index contributed by atoms with van der Waals surface area (Å²) in [7, 11) is 1.63. The quantitative estimate of drug-likeness (QED) is 0.698. The van der Waals surface area contributed by atoms with Crippen molar-refractivity contribution in [3.05, 3.63) is 11.8 Å². The number of aromatic nitrogens is 2. The Morgan fingerprint density at radius 2 is 2.47 bits per heavy atom. The molecule has 0 fully saturated rings. The van der Waals surface area contributed by atoms with Crippen molar-refractivity contribution in [2.75, 3.05) is 19.0 Å². The molecule has 1 heterocycles. The molecule has 0 atom stereocenters. The molecule has 0 aliphatic rings. The number of aromatic amines is 1. The highest BCUT2D eigenvalue weighted by atomic mass is 16.5. The minimum Gasteiger partial charge on any atom is -0.385 e. The first-order valence-corrected chi connectivity index (χ1v) is 5.09. The average molecular weight is 211 g/mol. The average Bonchev–Trinajstić information content (AvgIpc) is 2.65. The van der Waals surface area contributed by atoms with Gasteiger partial charge in [0, 0.05) is 25.7 Å². The van der Waals surface area contributed by atoms with Crippen molar-refractivity contribution in [2.24, 2.45) is 0 Å². The number of rotatable bonds is 6. The monoisotopic (exact) mass is 211 g/mol. The fraction of sp³-hybridized carbons (Fsp3) is 0.600. The summed E-state index contributed by atoms with van der Waals surface area (Å²) in [6, 6.07) is 0. The highest BCUT2D eigenvalue weighted by molar-refractivity contribution is 5.90. The van der Waals surface area contributed by atoms with Gasteiger partial charge in [-0.1, -0.05) is 6.92 Å². The molecule has 1 rings (SSSR count). The van der Waals surface area contributed by atoms with Crippen molar-refractivity contribution in [1.82, 2.24) is 10.2 Å². The van der Waals surface area contributed by atoms with Gasteiger partial charge >= 0.3 is 0 Å². The number of methoxy groups -OCH3 is 1. The number of nitrogens with one attached hydrogen (secondary N) is 2. The summed E-state index contributed by atoms with van der Waals surface area (Å²) < 4.78 is 4.87. The summed E-state index contributed by atoms with van der Waals surface area (Å²) in [6.07, 6.45) is 3.78. The third-order valence-corrected chi connectivity index (χ3v) is 2.12. The standard InChI is InChI=1S/C10H17N3O2/c1-3-8-7-11-13-10(8)12-9(14)5-4-6-15-2/h7H,3-6H2,1-2H3,(H2,11,12,13,14). The van der Waals surface area contributed by atoms with E-state index >= 15 is 0 Å². The van der Waals surface area contributed by atoms with Gasteiger partial charge in [0.05, 0.1) is 6.20 Å². The van der Waals surface area contributed by atoms with E-state index in [2.05, 4.69) is 15.5 Å². The van der Waals surface area contributed by atoms with Gasteiger partial charge in [-0.05, 0) is 12.8 Å². The maximum absolute atomic E-state index is 11.4. The van der Waals surface area contributed by atoms with Gasteiger partial charge < -0.3 is 10.1 Å². The Bertz CT molecular complexity index is 309. The predicted octanol–water partition coefficient (Wildman–Crippen LogP) is 1.34. The lowest BCUT2D eigenvalue weighted by Gasteiger charge is -2.04. The summed E-state index contributed by atoms with van der Waals surface area (Å²) in [5.41, 5.74) is 1.02. The van der Waals surface area contributed by atoms with Crippen molar-refractivity contribution in [3.63, 3.8) is 0 Å². The first kappa shape index (κ1) is 11.7. The number of carbonyl (C=O) groups excluding carboxylic acids is 1. The second-order valence-electron chi connectivity index (χ2n) is 3.27. The van der Waals surface area contributed by atoms with Crippen LogP contribution in [0.2, 0.25) is 0 Å². The van der Waals surface area contributed by atoms with Gasteiger partial charge in [0.25, 0.3) is 0 Å². The maximum atomic E-state index is 11.4. The van der Waals surface area contributed by atoms with Crippen LogP contribution in [0, 0.1) is 0 Å². The fourth-order valence-corrected chi connectivity index (χ4v) is 1.27. The molecule has 0 aromatic carbocycles. The molecule has 15 heavy (non-hydrogen) atoms. The fourth-order valence-electron chi connectivity index (χ4n) is 1.27. The lowest BCUT2D eigenvalue weighted by molar-refractivity contribution is -0.116. The van der Waals surface area contributed by atoms with Gasteiger partial charge in [-0.3, -0.25) is 9.89 Å². The molecule has 2 N–H and O–H groups in total. The van der Waals surface area contributed by atoms with Gasteiger partial charge in [0.1, 0.15) is 5.82 Å². The van der Waals surface area contributed by atoms with Crippen LogP contribution >= 0.6 is 0 Å². The number of H-pyrrole nitrogens is 1. The number of aryl methyl sites for hydroxylation is 1. The Morgan fingerprint density at radius 3 is 3.13 bits per heavy atom. The number of nitrogens with zero attached hydrogens (tertiary/aromatic N) is 1. The van der Waals surface area contributed by atoms with Crippen molar-refractivity contribution in [3.8, 4) is 0 Å². The Hall–Kier alpha value is -1.36. The van der Waals surface area contributed by atoms with Crippen LogP contribution in [0.15, 0.2) is 6.20 Å². The summed E-state index contributed by atoms with van der Waals surface area (Å²) in [6.45, 7) is 2.63. The highest BCUT2D eigenvalue weighted by Crippen LogP contribution is 2.11. The van der Waals surface area contributed by atoms with E-state index in [9.17, 15) is 4.79 Å². The zero-order chi connectivity index (χ0) is 11.1. The molecule has 0 bridgehead atoms. The minimum atomic E-state index is -0.00833. The molecule has 0 unspecified atom stereocenters. The zero-order valence-electron chi connectivity index (χ0n) is 9.17.